The first-order chi connectivity index (χ1) is 15.3. The minimum Gasteiger partial charge on any atom is -0.298 e. The van der Waals surface area contributed by atoms with E-state index in [-0.39, 0.29) is 17.0 Å². The second-order valence-corrected chi connectivity index (χ2v) is 10.8. The summed E-state index contributed by atoms with van der Waals surface area (Å²) in [5.41, 5.74) is 6.31. The number of ketones is 2. The Balaban J connectivity index is 1.72. The molecule has 0 aliphatic heterocycles. The molecular formula is C30H34O2. The molecule has 0 amide bonds. The molecule has 1 aromatic carbocycles. The average Bonchev–Trinajstić information content (AvgIpc) is 3.07. The molecule has 0 aromatic heterocycles. The molecule has 2 nitrogen and oxygen atoms in total. The van der Waals surface area contributed by atoms with Gasteiger partial charge in [0.15, 0.2) is 5.78 Å². The van der Waals surface area contributed by atoms with Crippen LogP contribution in [-0.4, -0.2) is 11.6 Å². The Labute approximate surface area is 192 Å². The fraction of sp³-hybridized carbons (Fsp3) is 0.533. The number of rotatable bonds is 2. The Morgan fingerprint density at radius 1 is 1.09 bits per heavy atom. The molecule has 0 spiro atoms. The van der Waals surface area contributed by atoms with Gasteiger partial charge in [-0.3, -0.25) is 9.59 Å². The fourth-order valence-electron chi connectivity index (χ4n) is 7.87. The summed E-state index contributed by atoms with van der Waals surface area (Å²) in [6.07, 6.45) is 8.45. The highest BCUT2D eigenvalue weighted by atomic mass is 16.1. The van der Waals surface area contributed by atoms with E-state index in [4.69, 9.17) is 0 Å². The highest BCUT2D eigenvalue weighted by Gasteiger charge is 2.64. The van der Waals surface area contributed by atoms with Crippen LogP contribution >= 0.6 is 0 Å². The normalized spacial score (nSPS) is 35.8. The van der Waals surface area contributed by atoms with Crippen molar-refractivity contribution >= 4 is 11.6 Å². The lowest BCUT2D eigenvalue weighted by Crippen LogP contribution is -2.50. The monoisotopic (exact) mass is 426 g/mol. The molecular weight excluding hydrogens is 392 g/mol. The molecule has 0 N–H and O–H groups in total. The first-order valence-corrected chi connectivity index (χ1v) is 12.3. The molecule has 2 heteroatoms. The summed E-state index contributed by atoms with van der Waals surface area (Å²) in [5, 5.41) is 0. The number of fused-ring (bicyclic) bond motifs is 4. The van der Waals surface area contributed by atoms with E-state index >= 15 is 0 Å². The van der Waals surface area contributed by atoms with Gasteiger partial charge in [-0.15, -0.1) is 5.92 Å². The standard InChI is InChI=1S/C30H34O2/c1-5-15-30(20(3)31)16-14-27-25-12-10-22-17-23(32)11-13-24(22)28(25)26(18-29(27,30)4)21-8-6-19(2)7-9-21/h6-9,17,25-27H,10-14,16,18H2,1-4H3/t25?,26?,27?,29?,30-/m1/s1. The first-order valence-electron chi connectivity index (χ1n) is 12.3. The predicted octanol–water partition coefficient (Wildman–Crippen LogP) is 6.49. The van der Waals surface area contributed by atoms with Crippen molar-refractivity contribution in [3.8, 4) is 11.8 Å². The second-order valence-electron chi connectivity index (χ2n) is 10.8. The number of carbonyl (C=O) groups is 2. The summed E-state index contributed by atoms with van der Waals surface area (Å²) in [6.45, 7) is 8.15. The lowest BCUT2D eigenvalue weighted by atomic mass is 9.48. The highest BCUT2D eigenvalue weighted by molar-refractivity contribution is 5.93. The molecule has 5 rings (SSSR count). The van der Waals surface area contributed by atoms with Gasteiger partial charge in [-0.25, -0.2) is 0 Å². The van der Waals surface area contributed by atoms with E-state index in [1.165, 1.54) is 22.3 Å². The second kappa shape index (κ2) is 7.58. The number of allylic oxidation sites excluding steroid dienone is 4. The summed E-state index contributed by atoms with van der Waals surface area (Å²) in [7, 11) is 0. The maximum atomic E-state index is 13.2. The number of benzene rings is 1. The molecule has 4 aliphatic carbocycles. The maximum absolute atomic E-state index is 13.2. The van der Waals surface area contributed by atoms with Gasteiger partial charge in [0.05, 0.1) is 5.41 Å². The van der Waals surface area contributed by atoms with Crippen LogP contribution in [0.2, 0.25) is 0 Å². The maximum Gasteiger partial charge on any atom is 0.156 e. The zero-order valence-electron chi connectivity index (χ0n) is 19.9. The number of Topliss-reactive ketones (excluding diaryl/α,β-unsaturated/α-hetero) is 1. The zero-order chi connectivity index (χ0) is 22.7. The van der Waals surface area contributed by atoms with Crippen LogP contribution in [0.1, 0.15) is 82.8 Å². The number of hydrogen-bond donors (Lipinski definition) is 0. The van der Waals surface area contributed by atoms with Gasteiger partial charge < -0.3 is 0 Å². The van der Waals surface area contributed by atoms with E-state index in [2.05, 4.69) is 50.0 Å². The molecule has 2 fully saturated rings. The van der Waals surface area contributed by atoms with Gasteiger partial charge >= 0.3 is 0 Å². The fourth-order valence-corrected chi connectivity index (χ4v) is 7.87. The summed E-state index contributed by atoms with van der Waals surface area (Å²) in [4.78, 5) is 25.3. The van der Waals surface area contributed by atoms with E-state index in [9.17, 15) is 9.59 Å². The third kappa shape index (κ3) is 2.93. The molecule has 1 aromatic rings. The molecule has 4 unspecified atom stereocenters. The van der Waals surface area contributed by atoms with Crippen molar-refractivity contribution in [3.63, 3.8) is 0 Å². The van der Waals surface area contributed by atoms with Gasteiger partial charge in [-0.1, -0.05) is 48.2 Å². The Morgan fingerprint density at radius 2 is 1.84 bits per heavy atom. The highest BCUT2D eigenvalue weighted by Crippen LogP contribution is 2.69. The molecule has 0 bridgehead atoms. The van der Waals surface area contributed by atoms with E-state index in [1.54, 1.807) is 12.5 Å². The van der Waals surface area contributed by atoms with Gasteiger partial charge in [0, 0.05) is 12.3 Å². The van der Waals surface area contributed by atoms with Crippen molar-refractivity contribution in [2.24, 2.45) is 22.7 Å². The van der Waals surface area contributed by atoms with E-state index in [0.717, 1.165) is 38.5 Å². The third-order valence-corrected chi connectivity index (χ3v) is 9.35. The van der Waals surface area contributed by atoms with Crippen LogP contribution in [0, 0.1) is 41.4 Å². The molecule has 0 radical (unpaired) electrons. The zero-order valence-corrected chi connectivity index (χ0v) is 19.9. The topological polar surface area (TPSA) is 34.1 Å². The van der Waals surface area contributed by atoms with Crippen LogP contribution in [0.3, 0.4) is 0 Å². The van der Waals surface area contributed by atoms with Crippen LogP contribution in [0.5, 0.6) is 0 Å². The van der Waals surface area contributed by atoms with Crippen molar-refractivity contribution in [3.05, 3.63) is 58.2 Å². The number of hydrogen-bond acceptors (Lipinski definition) is 2. The first kappa shape index (κ1) is 21.4. The Morgan fingerprint density at radius 3 is 2.53 bits per heavy atom. The minimum atomic E-state index is -0.537. The van der Waals surface area contributed by atoms with Crippen LogP contribution in [0.25, 0.3) is 0 Å². The predicted molar refractivity (Wildman–Crippen MR) is 128 cm³/mol. The van der Waals surface area contributed by atoms with Crippen LogP contribution in [0.4, 0.5) is 0 Å². The lowest BCUT2D eigenvalue weighted by Gasteiger charge is -2.54. The molecule has 4 aliphatic rings. The minimum absolute atomic E-state index is 0.127. The van der Waals surface area contributed by atoms with Gasteiger partial charge in [0.25, 0.3) is 0 Å². The summed E-state index contributed by atoms with van der Waals surface area (Å²) in [5.74, 6) is 8.40. The lowest BCUT2D eigenvalue weighted by molar-refractivity contribution is -0.130. The van der Waals surface area contributed by atoms with Crippen molar-refractivity contribution in [2.75, 3.05) is 0 Å². The Hall–Kier alpha value is -2.40. The molecule has 5 atom stereocenters. The molecule has 32 heavy (non-hydrogen) atoms. The van der Waals surface area contributed by atoms with Gasteiger partial charge in [0.2, 0.25) is 0 Å². The van der Waals surface area contributed by atoms with E-state index in [0.29, 0.717) is 24.2 Å². The Kier molecular flexibility index (Phi) is 5.08. The van der Waals surface area contributed by atoms with Crippen molar-refractivity contribution < 1.29 is 9.59 Å². The van der Waals surface area contributed by atoms with Gasteiger partial charge in [0.1, 0.15) is 5.78 Å². The summed E-state index contributed by atoms with van der Waals surface area (Å²) >= 11 is 0. The van der Waals surface area contributed by atoms with Crippen molar-refractivity contribution in [1.82, 2.24) is 0 Å². The average molecular weight is 427 g/mol. The third-order valence-electron chi connectivity index (χ3n) is 9.35. The van der Waals surface area contributed by atoms with Gasteiger partial charge in [-0.05, 0) is 99.3 Å². The summed E-state index contributed by atoms with van der Waals surface area (Å²) in [6, 6.07) is 9.01. The molecule has 0 saturated heterocycles. The summed E-state index contributed by atoms with van der Waals surface area (Å²) < 4.78 is 0. The van der Waals surface area contributed by atoms with Gasteiger partial charge in [-0.2, -0.15) is 0 Å². The number of aryl methyl sites for hydroxylation is 1. The largest absolute Gasteiger partial charge is 0.298 e. The smallest absolute Gasteiger partial charge is 0.156 e. The van der Waals surface area contributed by atoms with Crippen molar-refractivity contribution in [2.45, 2.75) is 78.6 Å². The quantitative estimate of drug-likeness (QED) is 0.506. The number of carbonyl (C=O) groups excluding carboxylic acids is 2. The van der Waals surface area contributed by atoms with Crippen molar-refractivity contribution in [1.29, 1.82) is 0 Å². The van der Waals surface area contributed by atoms with Crippen LogP contribution < -0.4 is 0 Å². The molecule has 0 heterocycles. The van der Waals surface area contributed by atoms with Crippen LogP contribution in [-0.2, 0) is 9.59 Å². The van der Waals surface area contributed by atoms with E-state index in [1.807, 2.05) is 13.0 Å². The van der Waals surface area contributed by atoms with E-state index < -0.39 is 5.41 Å². The van der Waals surface area contributed by atoms with Crippen LogP contribution in [0.15, 0.2) is 47.1 Å². The SMILES string of the molecule is CC#C[C@]1(C(C)=O)CCC2C3CCC4=CC(=O)CCC4=C3C(c3ccc(C)cc3)CC21C. The molecule has 2 saturated carbocycles. The Bertz CT molecular complexity index is 1110. The molecule has 166 valence electrons.